The first kappa shape index (κ1) is 20.0. The molecule has 0 bridgehead atoms. The van der Waals surface area contributed by atoms with Crippen LogP contribution in [0.25, 0.3) is 0 Å². The van der Waals surface area contributed by atoms with Gasteiger partial charge in [0.2, 0.25) is 0 Å². The highest BCUT2D eigenvalue weighted by atomic mass is 16.5. The van der Waals surface area contributed by atoms with E-state index in [-0.39, 0.29) is 23.2 Å². The Balaban J connectivity index is 1.58. The number of aryl methyl sites for hydroxylation is 2. The van der Waals surface area contributed by atoms with Crippen LogP contribution in [0, 0.1) is 13.8 Å². The van der Waals surface area contributed by atoms with Crippen molar-refractivity contribution in [2.75, 3.05) is 44.7 Å². The molecule has 2 N–H and O–H groups in total. The molecular weight excluding hydrogens is 356 g/mol. The fourth-order valence-corrected chi connectivity index (χ4v) is 2.99. The van der Waals surface area contributed by atoms with Crippen LogP contribution < -0.4 is 10.6 Å². The van der Waals surface area contributed by atoms with Gasteiger partial charge in [-0.05, 0) is 43.2 Å². The lowest BCUT2D eigenvalue weighted by molar-refractivity contribution is 0.0383. The van der Waals surface area contributed by atoms with Crippen LogP contribution in [-0.2, 0) is 4.74 Å². The predicted octanol–water partition coefficient (Wildman–Crippen LogP) is 2.01. The Morgan fingerprint density at radius 3 is 2.54 bits per heavy atom. The number of hydrogen-bond acceptors (Lipinski definition) is 5. The minimum atomic E-state index is -0.336. The van der Waals surface area contributed by atoms with E-state index in [2.05, 4.69) is 20.5 Å². The number of aromatic nitrogens is 1. The molecule has 28 heavy (non-hydrogen) atoms. The molecule has 1 aromatic carbocycles. The van der Waals surface area contributed by atoms with Gasteiger partial charge in [-0.1, -0.05) is 18.2 Å². The van der Waals surface area contributed by atoms with Gasteiger partial charge in [0, 0.05) is 31.9 Å². The molecule has 1 aliphatic rings. The lowest BCUT2D eigenvalue weighted by atomic mass is 10.1. The first-order valence-corrected chi connectivity index (χ1v) is 9.47. The van der Waals surface area contributed by atoms with Gasteiger partial charge < -0.3 is 15.4 Å². The van der Waals surface area contributed by atoms with Crippen molar-refractivity contribution in [3.63, 3.8) is 0 Å². The Morgan fingerprint density at radius 2 is 1.79 bits per heavy atom. The van der Waals surface area contributed by atoms with E-state index in [1.807, 2.05) is 32.0 Å². The molecule has 0 unspecified atom stereocenters. The number of amides is 2. The van der Waals surface area contributed by atoms with Crippen molar-refractivity contribution in [2.24, 2.45) is 0 Å². The minimum absolute atomic E-state index is 0.210. The molecule has 3 rings (SSSR count). The lowest BCUT2D eigenvalue weighted by Crippen LogP contribution is -2.41. The average molecular weight is 382 g/mol. The van der Waals surface area contributed by atoms with Crippen molar-refractivity contribution in [3.05, 3.63) is 58.9 Å². The van der Waals surface area contributed by atoms with E-state index >= 15 is 0 Å². The van der Waals surface area contributed by atoms with E-state index in [0.29, 0.717) is 6.54 Å². The summed E-state index contributed by atoms with van der Waals surface area (Å²) in [6, 6.07) is 10.7. The number of benzene rings is 1. The summed E-state index contributed by atoms with van der Waals surface area (Å²) >= 11 is 0. The van der Waals surface area contributed by atoms with Gasteiger partial charge in [-0.3, -0.25) is 14.5 Å². The average Bonchev–Trinajstić information content (AvgIpc) is 2.71. The molecule has 2 amide bonds. The smallest absolute Gasteiger partial charge is 0.274 e. The van der Waals surface area contributed by atoms with Crippen LogP contribution >= 0.6 is 0 Å². The van der Waals surface area contributed by atoms with E-state index in [9.17, 15) is 9.59 Å². The molecule has 148 valence electrons. The highest BCUT2D eigenvalue weighted by molar-refractivity contribution is 6.04. The summed E-state index contributed by atoms with van der Waals surface area (Å²) in [6.45, 7) is 8.40. The van der Waals surface area contributed by atoms with E-state index in [0.717, 1.165) is 49.7 Å². The molecule has 0 radical (unpaired) electrons. The number of carbonyl (C=O) groups excluding carboxylic acids is 2. The number of nitrogens with zero attached hydrogens (tertiary/aromatic N) is 2. The number of ether oxygens (including phenoxy) is 1. The van der Waals surface area contributed by atoms with E-state index in [4.69, 9.17) is 4.74 Å². The van der Waals surface area contributed by atoms with Crippen LogP contribution in [-0.4, -0.2) is 61.1 Å². The van der Waals surface area contributed by atoms with Gasteiger partial charge in [0.25, 0.3) is 11.8 Å². The number of nitrogens with one attached hydrogen (secondary N) is 2. The zero-order valence-corrected chi connectivity index (χ0v) is 16.3. The van der Waals surface area contributed by atoms with Crippen LogP contribution in [0.1, 0.15) is 32.1 Å². The molecular formula is C21H26N4O3. The summed E-state index contributed by atoms with van der Waals surface area (Å²) in [5, 5.41) is 5.73. The van der Waals surface area contributed by atoms with Gasteiger partial charge in [0.15, 0.2) is 0 Å². The van der Waals surface area contributed by atoms with Gasteiger partial charge in [0.05, 0.1) is 13.2 Å². The third-order valence-corrected chi connectivity index (χ3v) is 4.67. The first-order valence-electron chi connectivity index (χ1n) is 9.47. The second-order valence-electron chi connectivity index (χ2n) is 6.89. The van der Waals surface area contributed by atoms with Gasteiger partial charge in [-0.2, -0.15) is 0 Å². The fraction of sp³-hybridized carbons (Fsp3) is 0.381. The SMILES string of the molecule is Cc1ccc(C)c(NC(=O)c2cccc(C(=O)NCCN3CCOCC3)n2)c1. The number of rotatable bonds is 6. The standard InChI is InChI=1S/C21H26N4O3/c1-15-6-7-16(2)19(14-15)24-21(27)18-5-3-4-17(23-18)20(26)22-8-9-25-10-12-28-13-11-25/h3-7,14H,8-13H2,1-2H3,(H,22,26)(H,24,27). The normalized spacial score (nSPS) is 14.5. The predicted molar refractivity (Wildman–Crippen MR) is 108 cm³/mol. The Labute approximate surface area is 165 Å². The maximum atomic E-state index is 12.5. The summed E-state index contributed by atoms with van der Waals surface area (Å²) in [6.07, 6.45) is 0. The molecule has 1 saturated heterocycles. The van der Waals surface area contributed by atoms with Crippen LogP contribution in [0.3, 0.4) is 0 Å². The zero-order chi connectivity index (χ0) is 19.9. The molecule has 1 fully saturated rings. The quantitative estimate of drug-likeness (QED) is 0.799. The molecule has 1 aliphatic heterocycles. The Bertz CT molecular complexity index is 847. The largest absolute Gasteiger partial charge is 0.379 e. The second-order valence-corrected chi connectivity index (χ2v) is 6.89. The van der Waals surface area contributed by atoms with Crippen molar-refractivity contribution in [3.8, 4) is 0 Å². The fourth-order valence-electron chi connectivity index (χ4n) is 2.99. The van der Waals surface area contributed by atoms with Gasteiger partial charge in [-0.25, -0.2) is 4.98 Å². The molecule has 2 heterocycles. The summed E-state index contributed by atoms with van der Waals surface area (Å²) < 4.78 is 5.31. The van der Waals surface area contributed by atoms with Crippen molar-refractivity contribution in [1.29, 1.82) is 0 Å². The maximum Gasteiger partial charge on any atom is 0.274 e. The second kappa shape index (κ2) is 9.43. The molecule has 0 atom stereocenters. The van der Waals surface area contributed by atoms with Crippen molar-refractivity contribution < 1.29 is 14.3 Å². The third-order valence-electron chi connectivity index (χ3n) is 4.67. The number of pyridine rings is 1. The molecule has 2 aromatic rings. The first-order chi connectivity index (χ1) is 13.5. The van der Waals surface area contributed by atoms with E-state index in [1.54, 1.807) is 18.2 Å². The third kappa shape index (κ3) is 5.37. The zero-order valence-electron chi connectivity index (χ0n) is 16.3. The lowest BCUT2D eigenvalue weighted by Gasteiger charge is -2.26. The van der Waals surface area contributed by atoms with Gasteiger partial charge >= 0.3 is 0 Å². The number of hydrogen-bond donors (Lipinski definition) is 2. The van der Waals surface area contributed by atoms with Crippen molar-refractivity contribution in [2.45, 2.75) is 13.8 Å². The van der Waals surface area contributed by atoms with Crippen molar-refractivity contribution >= 4 is 17.5 Å². The Kier molecular flexibility index (Phi) is 6.73. The minimum Gasteiger partial charge on any atom is -0.379 e. The van der Waals surface area contributed by atoms with Crippen LogP contribution in [0.5, 0.6) is 0 Å². The monoisotopic (exact) mass is 382 g/mol. The highest BCUT2D eigenvalue weighted by Crippen LogP contribution is 2.17. The Morgan fingerprint density at radius 1 is 1.07 bits per heavy atom. The molecule has 0 spiro atoms. The topological polar surface area (TPSA) is 83.6 Å². The number of morpholine rings is 1. The molecule has 1 aromatic heterocycles. The molecule has 7 nitrogen and oxygen atoms in total. The number of carbonyl (C=O) groups is 2. The summed E-state index contributed by atoms with van der Waals surface area (Å²) in [5.41, 5.74) is 3.21. The van der Waals surface area contributed by atoms with Gasteiger partial charge in [-0.15, -0.1) is 0 Å². The highest BCUT2D eigenvalue weighted by Gasteiger charge is 2.14. The molecule has 7 heteroatoms. The molecule has 0 aliphatic carbocycles. The summed E-state index contributed by atoms with van der Waals surface area (Å²) in [5.74, 6) is -0.619. The van der Waals surface area contributed by atoms with Crippen LogP contribution in [0.15, 0.2) is 36.4 Å². The van der Waals surface area contributed by atoms with Gasteiger partial charge in [0.1, 0.15) is 11.4 Å². The van der Waals surface area contributed by atoms with Crippen LogP contribution in [0.4, 0.5) is 5.69 Å². The maximum absolute atomic E-state index is 12.5. The number of anilines is 1. The van der Waals surface area contributed by atoms with E-state index < -0.39 is 0 Å². The molecule has 0 saturated carbocycles. The van der Waals surface area contributed by atoms with E-state index in [1.165, 1.54) is 0 Å². The van der Waals surface area contributed by atoms with Crippen molar-refractivity contribution in [1.82, 2.24) is 15.2 Å². The summed E-state index contributed by atoms with van der Waals surface area (Å²) in [4.78, 5) is 31.4. The van der Waals surface area contributed by atoms with Crippen LogP contribution in [0.2, 0.25) is 0 Å². The Hall–Kier alpha value is -2.77. The summed E-state index contributed by atoms with van der Waals surface area (Å²) in [7, 11) is 0.